The van der Waals surface area contributed by atoms with Crippen molar-refractivity contribution < 1.29 is 5.11 Å². The Kier molecular flexibility index (Phi) is 7.18. The van der Waals surface area contributed by atoms with Crippen LogP contribution in [0.25, 0.3) is 0 Å². The average molecular weight is 244 g/mol. The number of nitrogens with two attached hydrogens (primary N) is 1. The summed E-state index contributed by atoms with van der Waals surface area (Å²) in [7, 11) is 0. The number of aryl methyl sites for hydroxylation is 1. The molecule has 0 saturated heterocycles. The predicted octanol–water partition coefficient (Wildman–Crippen LogP) is 3.70. The molecule has 0 aliphatic heterocycles. The molecule has 2 nitrogen and oxygen atoms in total. The smallest absolute Gasteiger partial charge is 0.123 e. The molecule has 1 rings (SSSR count). The van der Waals surface area contributed by atoms with Crippen molar-refractivity contribution in [2.75, 3.05) is 0 Å². The second-order valence-electron chi connectivity index (χ2n) is 4.12. The molecule has 0 unspecified atom stereocenters. The van der Waals surface area contributed by atoms with Crippen LogP contribution in [-0.2, 0) is 0 Å². The highest BCUT2D eigenvalue weighted by Gasteiger charge is 2.11. The molecule has 3 N–H and O–H groups in total. The summed E-state index contributed by atoms with van der Waals surface area (Å²) in [6.07, 6.45) is 4.49. The zero-order valence-electron chi connectivity index (χ0n) is 10.1. The molecule has 0 aromatic heterocycles. The Morgan fingerprint density at radius 2 is 2.00 bits per heavy atom. The number of benzene rings is 1. The number of rotatable bonds is 5. The summed E-state index contributed by atoms with van der Waals surface area (Å²) in [5.41, 5.74) is 7.83. The average Bonchev–Trinajstić information content (AvgIpc) is 2.22. The van der Waals surface area contributed by atoms with E-state index in [2.05, 4.69) is 6.92 Å². The van der Waals surface area contributed by atoms with Crippen molar-refractivity contribution in [3.8, 4) is 5.75 Å². The number of aromatic hydroxyl groups is 1. The third kappa shape index (κ3) is 4.03. The minimum atomic E-state index is -0.0311. The van der Waals surface area contributed by atoms with Gasteiger partial charge in [0, 0.05) is 11.6 Å². The van der Waals surface area contributed by atoms with E-state index in [1.165, 1.54) is 12.8 Å². The van der Waals surface area contributed by atoms with Crippen molar-refractivity contribution in [1.29, 1.82) is 0 Å². The van der Waals surface area contributed by atoms with Gasteiger partial charge in [-0.15, -0.1) is 12.4 Å². The van der Waals surface area contributed by atoms with E-state index in [9.17, 15) is 5.11 Å². The van der Waals surface area contributed by atoms with Crippen molar-refractivity contribution in [3.63, 3.8) is 0 Å². The van der Waals surface area contributed by atoms with E-state index in [-0.39, 0.29) is 18.4 Å². The number of para-hydroxylation sites is 1. The number of hydrogen-bond acceptors (Lipinski definition) is 2. The van der Waals surface area contributed by atoms with Crippen LogP contribution in [0, 0.1) is 6.92 Å². The second-order valence-corrected chi connectivity index (χ2v) is 4.12. The highest BCUT2D eigenvalue weighted by atomic mass is 35.5. The van der Waals surface area contributed by atoms with Crippen molar-refractivity contribution in [2.24, 2.45) is 5.73 Å². The van der Waals surface area contributed by atoms with E-state index in [1.54, 1.807) is 0 Å². The molecular weight excluding hydrogens is 222 g/mol. The van der Waals surface area contributed by atoms with E-state index in [0.29, 0.717) is 5.75 Å². The van der Waals surface area contributed by atoms with Gasteiger partial charge in [-0.3, -0.25) is 0 Å². The van der Waals surface area contributed by atoms with Crippen molar-refractivity contribution in [2.45, 2.75) is 45.6 Å². The Morgan fingerprint density at radius 3 is 2.62 bits per heavy atom. The monoisotopic (exact) mass is 243 g/mol. The first-order valence-electron chi connectivity index (χ1n) is 5.70. The number of hydrogen-bond donors (Lipinski definition) is 2. The fraction of sp³-hybridized carbons (Fsp3) is 0.538. The summed E-state index contributed by atoms with van der Waals surface area (Å²) >= 11 is 0. The minimum absolute atomic E-state index is 0. The molecule has 0 aliphatic rings. The number of phenols is 1. The van der Waals surface area contributed by atoms with Crippen LogP contribution in [0.2, 0.25) is 0 Å². The predicted molar refractivity (Wildman–Crippen MR) is 71.2 cm³/mol. The van der Waals surface area contributed by atoms with Crippen LogP contribution in [0.3, 0.4) is 0 Å². The first kappa shape index (κ1) is 15.3. The lowest BCUT2D eigenvalue weighted by Gasteiger charge is -2.14. The summed E-state index contributed by atoms with van der Waals surface area (Å²) in [5.74, 6) is 0.362. The van der Waals surface area contributed by atoms with Crippen molar-refractivity contribution >= 4 is 12.4 Å². The van der Waals surface area contributed by atoms with Crippen molar-refractivity contribution in [3.05, 3.63) is 29.3 Å². The van der Waals surface area contributed by atoms with Crippen LogP contribution < -0.4 is 5.73 Å². The van der Waals surface area contributed by atoms with E-state index in [0.717, 1.165) is 24.0 Å². The SMILES string of the molecule is CCCCC[C@H](N)c1cccc(C)c1O.Cl. The summed E-state index contributed by atoms with van der Waals surface area (Å²) in [6.45, 7) is 4.08. The molecule has 0 aliphatic carbocycles. The molecule has 0 fully saturated rings. The fourth-order valence-corrected chi connectivity index (χ4v) is 1.75. The van der Waals surface area contributed by atoms with Gasteiger partial charge >= 0.3 is 0 Å². The van der Waals surface area contributed by atoms with Gasteiger partial charge in [-0.1, -0.05) is 44.4 Å². The van der Waals surface area contributed by atoms with Gasteiger partial charge in [-0.25, -0.2) is 0 Å². The lowest BCUT2D eigenvalue weighted by atomic mass is 9.98. The quantitative estimate of drug-likeness (QED) is 0.775. The molecule has 0 heterocycles. The van der Waals surface area contributed by atoms with E-state index in [4.69, 9.17) is 5.73 Å². The molecule has 1 atom stereocenters. The third-order valence-electron chi connectivity index (χ3n) is 2.79. The summed E-state index contributed by atoms with van der Waals surface area (Å²) in [6, 6.07) is 5.73. The van der Waals surface area contributed by atoms with Crippen LogP contribution >= 0.6 is 12.4 Å². The molecule has 0 saturated carbocycles. The Labute approximate surface area is 104 Å². The van der Waals surface area contributed by atoms with Gasteiger partial charge < -0.3 is 10.8 Å². The van der Waals surface area contributed by atoms with Crippen LogP contribution in [-0.4, -0.2) is 5.11 Å². The maximum atomic E-state index is 9.84. The van der Waals surface area contributed by atoms with E-state index >= 15 is 0 Å². The van der Waals surface area contributed by atoms with E-state index in [1.807, 2.05) is 25.1 Å². The van der Waals surface area contributed by atoms with Crippen LogP contribution in [0.15, 0.2) is 18.2 Å². The third-order valence-corrected chi connectivity index (χ3v) is 2.79. The van der Waals surface area contributed by atoms with Crippen molar-refractivity contribution in [1.82, 2.24) is 0 Å². The Morgan fingerprint density at radius 1 is 1.31 bits per heavy atom. The van der Waals surface area contributed by atoms with Gasteiger partial charge in [0.1, 0.15) is 5.75 Å². The summed E-state index contributed by atoms with van der Waals surface area (Å²) in [5, 5.41) is 9.84. The number of unbranched alkanes of at least 4 members (excludes halogenated alkanes) is 2. The van der Waals surface area contributed by atoms with Crippen LogP contribution in [0.5, 0.6) is 5.75 Å². The molecule has 3 heteroatoms. The van der Waals surface area contributed by atoms with Gasteiger partial charge in [0.05, 0.1) is 0 Å². The first-order valence-corrected chi connectivity index (χ1v) is 5.70. The largest absolute Gasteiger partial charge is 0.507 e. The number of halogens is 1. The minimum Gasteiger partial charge on any atom is -0.507 e. The Bertz CT molecular complexity index is 315. The van der Waals surface area contributed by atoms with Gasteiger partial charge in [0.15, 0.2) is 0 Å². The standard InChI is InChI=1S/C13H21NO.ClH/c1-3-4-5-9-12(14)11-8-6-7-10(2)13(11)15;/h6-8,12,15H,3-5,9,14H2,1-2H3;1H/t12-;/m0./s1. The Balaban J connectivity index is 0.00000225. The van der Waals surface area contributed by atoms with Gasteiger partial charge in [0.2, 0.25) is 0 Å². The first-order chi connectivity index (χ1) is 7.16. The molecular formula is C13H22ClNO. The molecule has 1 aromatic carbocycles. The topological polar surface area (TPSA) is 46.2 Å². The highest BCUT2D eigenvalue weighted by molar-refractivity contribution is 5.85. The second kappa shape index (κ2) is 7.53. The van der Waals surface area contributed by atoms with Crippen LogP contribution in [0.4, 0.5) is 0 Å². The van der Waals surface area contributed by atoms with Gasteiger partial charge in [0.25, 0.3) is 0 Å². The van der Waals surface area contributed by atoms with Gasteiger partial charge in [-0.05, 0) is 18.9 Å². The summed E-state index contributed by atoms with van der Waals surface area (Å²) in [4.78, 5) is 0. The lowest BCUT2D eigenvalue weighted by Crippen LogP contribution is -2.10. The molecule has 1 aromatic rings. The Hall–Kier alpha value is -0.730. The normalized spacial score (nSPS) is 11.9. The molecule has 0 amide bonds. The molecule has 92 valence electrons. The molecule has 0 bridgehead atoms. The highest BCUT2D eigenvalue weighted by Crippen LogP contribution is 2.28. The van der Waals surface area contributed by atoms with Gasteiger partial charge in [-0.2, -0.15) is 0 Å². The number of phenolic OH excluding ortho intramolecular Hbond substituents is 1. The molecule has 0 spiro atoms. The summed E-state index contributed by atoms with van der Waals surface area (Å²) < 4.78 is 0. The zero-order valence-corrected chi connectivity index (χ0v) is 10.9. The maximum absolute atomic E-state index is 9.84. The maximum Gasteiger partial charge on any atom is 0.123 e. The molecule has 0 radical (unpaired) electrons. The van der Waals surface area contributed by atoms with Crippen LogP contribution in [0.1, 0.15) is 49.8 Å². The molecule has 16 heavy (non-hydrogen) atoms. The fourth-order valence-electron chi connectivity index (χ4n) is 1.75. The zero-order chi connectivity index (χ0) is 11.3. The van der Waals surface area contributed by atoms with E-state index < -0.39 is 0 Å². The lowest BCUT2D eigenvalue weighted by molar-refractivity contribution is 0.452.